The summed E-state index contributed by atoms with van der Waals surface area (Å²) in [4.78, 5) is 0. The number of phenols is 1. The molecule has 92 valence electrons. The van der Waals surface area contributed by atoms with Crippen molar-refractivity contribution in [1.82, 2.24) is 0 Å². The summed E-state index contributed by atoms with van der Waals surface area (Å²) in [5.74, 6) is -0.00630. The lowest BCUT2D eigenvalue weighted by molar-refractivity contribution is 0.131. The summed E-state index contributed by atoms with van der Waals surface area (Å²) in [6.45, 7) is 3.61. The van der Waals surface area contributed by atoms with Crippen LogP contribution in [0, 0.1) is 5.41 Å². The van der Waals surface area contributed by atoms with E-state index >= 15 is 0 Å². The number of halogens is 2. The van der Waals surface area contributed by atoms with E-state index in [1.54, 1.807) is 18.2 Å². The number of hydrogen-bond donors (Lipinski definition) is 3. The molecule has 16 heavy (non-hydrogen) atoms. The van der Waals surface area contributed by atoms with Gasteiger partial charge in [-0.25, -0.2) is 0 Å². The Balaban J connectivity index is 0.00000225. The van der Waals surface area contributed by atoms with Gasteiger partial charge < -0.3 is 15.9 Å². The number of nitrogens with two attached hydrogens (primary N) is 1. The molecule has 0 spiro atoms. The Bertz CT molecular complexity index is 356. The molecule has 0 heterocycles. The van der Waals surface area contributed by atoms with Crippen LogP contribution in [0.3, 0.4) is 0 Å². The van der Waals surface area contributed by atoms with E-state index in [9.17, 15) is 10.2 Å². The van der Waals surface area contributed by atoms with Gasteiger partial charge in [-0.05, 0) is 6.07 Å². The van der Waals surface area contributed by atoms with E-state index in [2.05, 4.69) is 0 Å². The molecule has 0 bridgehead atoms. The third-order valence-corrected chi connectivity index (χ3v) is 2.91. The van der Waals surface area contributed by atoms with Gasteiger partial charge in [-0.15, -0.1) is 12.4 Å². The molecule has 4 N–H and O–H groups in total. The van der Waals surface area contributed by atoms with Crippen molar-refractivity contribution < 1.29 is 10.2 Å². The molecule has 3 nitrogen and oxygen atoms in total. The zero-order valence-corrected chi connectivity index (χ0v) is 10.8. The molecule has 1 aromatic carbocycles. The van der Waals surface area contributed by atoms with Crippen molar-refractivity contribution in [1.29, 1.82) is 0 Å². The number of aromatic hydroxyl groups is 1. The third kappa shape index (κ3) is 3.01. The Labute approximate surface area is 107 Å². The Morgan fingerprint density at radius 2 is 2.00 bits per heavy atom. The number of aliphatic hydroxyl groups is 1. The Morgan fingerprint density at radius 3 is 2.50 bits per heavy atom. The molecule has 0 aliphatic rings. The van der Waals surface area contributed by atoms with Crippen LogP contribution in [0.15, 0.2) is 18.2 Å². The normalized spacial score (nSPS) is 13.1. The molecule has 0 fully saturated rings. The van der Waals surface area contributed by atoms with Gasteiger partial charge in [-0.1, -0.05) is 37.6 Å². The minimum atomic E-state index is -0.498. The molecule has 0 aromatic heterocycles. The zero-order chi connectivity index (χ0) is 11.6. The topological polar surface area (TPSA) is 66.5 Å². The molecule has 1 atom stereocenters. The van der Waals surface area contributed by atoms with Crippen molar-refractivity contribution in [3.63, 3.8) is 0 Å². The van der Waals surface area contributed by atoms with Crippen LogP contribution in [0.2, 0.25) is 5.02 Å². The number of aliphatic hydroxyl groups excluding tert-OH is 1. The van der Waals surface area contributed by atoms with Crippen LogP contribution in [0.1, 0.15) is 25.5 Å². The average molecular weight is 266 g/mol. The second kappa shape index (κ2) is 5.73. The van der Waals surface area contributed by atoms with Crippen molar-refractivity contribution in [2.45, 2.75) is 19.9 Å². The monoisotopic (exact) mass is 265 g/mol. The van der Waals surface area contributed by atoms with Crippen molar-refractivity contribution in [2.75, 3.05) is 6.61 Å². The summed E-state index contributed by atoms with van der Waals surface area (Å²) in [5.41, 5.74) is 6.03. The maximum absolute atomic E-state index is 9.73. The number of rotatable bonds is 3. The molecule has 0 aliphatic heterocycles. The van der Waals surface area contributed by atoms with Gasteiger partial charge in [0.15, 0.2) is 0 Å². The Kier molecular flexibility index (Phi) is 5.56. The number of phenolic OH excluding ortho intramolecular Hbond substituents is 1. The first-order valence-electron chi connectivity index (χ1n) is 4.74. The quantitative estimate of drug-likeness (QED) is 0.787. The number of benzene rings is 1. The molecular formula is C11H17Cl2NO2. The molecule has 0 aliphatic carbocycles. The molecule has 0 amide bonds. The Hall–Kier alpha value is -0.480. The number of hydrogen-bond acceptors (Lipinski definition) is 3. The fraction of sp³-hybridized carbons (Fsp3) is 0.455. The van der Waals surface area contributed by atoms with Gasteiger partial charge in [0.1, 0.15) is 5.75 Å². The highest BCUT2D eigenvalue weighted by Gasteiger charge is 2.29. The molecule has 0 unspecified atom stereocenters. The lowest BCUT2D eigenvalue weighted by Crippen LogP contribution is -2.32. The molecule has 1 aromatic rings. The SMILES string of the molecule is CC(C)(CO)[C@H](N)c1cccc(Cl)c1O.Cl. The molecule has 0 saturated heterocycles. The predicted molar refractivity (Wildman–Crippen MR) is 68.2 cm³/mol. The lowest BCUT2D eigenvalue weighted by Gasteiger charge is -2.30. The molecular weight excluding hydrogens is 249 g/mol. The predicted octanol–water partition coefficient (Wildman–Crippen LogP) is 2.49. The summed E-state index contributed by atoms with van der Waals surface area (Å²) >= 11 is 5.78. The van der Waals surface area contributed by atoms with Gasteiger partial charge in [0.25, 0.3) is 0 Å². The van der Waals surface area contributed by atoms with E-state index in [0.717, 1.165) is 0 Å². The van der Waals surface area contributed by atoms with Crippen LogP contribution in [0.25, 0.3) is 0 Å². The van der Waals surface area contributed by atoms with E-state index < -0.39 is 11.5 Å². The molecule has 5 heteroatoms. The van der Waals surface area contributed by atoms with Crippen molar-refractivity contribution in [3.8, 4) is 5.75 Å². The summed E-state index contributed by atoms with van der Waals surface area (Å²) in [5, 5.41) is 19.2. The van der Waals surface area contributed by atoms with Crippen molar-refractivity contribution in [3.05, 3.63) is 28.8 Å². The van der Waals surface area contributed by atoms with E-state index in [-0.39, 0.29) is 29.8 Å². The van der Waals surface area contributed by atoms with E-state index in [1.165, 1.54) is 0 Å². The highest BCUT2D eigenvalue weighted by atomic mass is 35.5. The summed E-state index contributed by atoms with van der Waals surface area (Å²) < 4.78 is 0. The van der Waals surface area contributed by atoms with Crippen LogP contribution in [-0.2, 0) is 0 Å². The second-order valence-corrected chi connectivity index (χ2v) is 4.71. The van der Waals surface area contributed by atoms with Gasteiger partial charge in [-0.3, -0.25) is 0 Å². The average Bonchev–Trinajstić information content (AvgIpc) is 2.21. The molecule has 1 rings (SSSR count). The Morgan fingerprint density at radius 1 is 1.44 bits per heavy atom. The van der Waals surface area contributed by atoms with Gasteiger partial charge in [0, 0.05) is 23.6 Å². The van der Waals surface area contributed by atoms with Crippen LogP contribution in [0.5, 0.6) is 5.75 Å². The minimum Gasteiger partial charge on any atom is -0.506 e. The minimum absolute atomic E-state index is 0. The van der Waals surface area contributed by atoms with Crippen LogP contribution >= 0.6 is 24.0 Å². The first-order valence-corrected chi connectivity index (χ1v) is 5.12. The third-order valence-electron chi connectivity index (χ3n) is 2.60. The first kappa shape index (κ1) is 15.5. The summed E-state index contributed by atoms with van der Waals surface area (Å²) in [7, 11) is 0. The summed E-state index contributed by atoms with van der Waals surface area (Å²) in [6, 6.07) is 4.58. The fourth-order valence-corrected chi connectivity index (χ4v) is 1.48. The molecule has 0 saturated carbocycles. The highest BCUT2D eigenvalue weighted by Crippen LogP contribution is 2.38. The van der Waals surface area contributed by atoms with Gasteiger partial charge >= 0.3 is 0 Å². The fourth-order valence-electron chi connectivity index (χ4n) is 1.30. The smallest absolute Gasteiger partial charge is 0.138 e. The van der Waals surface area contributed by atoms with Crippen LogP contribution in [-0.4, -0.2) is 16.8 Å². The zero-order valence-electron chi connectivity index (χ0n) is 9.27. The van der Waals surface area contributed by atoms with Crippen LogP contribution < -0.4 is 5.73 Å². The van der Waals surface area contributed by atoms with Gasteiger partial charge in [0.05, 0.1) is 5.02 Å². The number of para-hydroxylation sites is 1. The van der Waals surface area contributed by atoms with E-state index in [0.29, 0.717) is 5.56 Å². The lowest BCUT2D eigenvalue weighted by atomic mass is 9.81. The largest absolute Gasteiger partial charge is 0.506 e. The summed E-state index contributed by atoms with van der Waals surface area (Å²) in [6.07, 6.45) is 0. The standard InChI is InChI=1S/C11H16ClNO2.ClH/c1-11(2,6-14)10(13)7-4-3-5-8(12)9(7)15;/h3-5,10,14-15H,6,13H2,1-2H3;1H/t10-;/m1./s1. The first-order chi connectivity index (χ1) is 6.90. The van der Waals surface area contributed by atoms with Gasteiger partial charge in [-0.2, -0.15) is 0 Å². The van der Waals surface area contributed by atoms with Gasteiger partial charge in [0.2, 0.25) is 0 Å². The van der Waals surface area contributed by atoms with E-state index in [1.807, 2.05) is 13.8 Å². The van der Waals surface area contributed by atoms with E-state index in [4.69, 9.17) is 17.3 Å². The van der Waals surface area contributed by atoms with Crippen molar-refractivity contribution in [2.24, 2.45) is 11.1 Å². The van der Waals surface area contributed by atoms with Crippen molar-refractivity contribution >= 4 is 24.0 Å². The molecule has 0 radical (unpaired) electrons. The maximum atomic E-state index is 9.73. The van der Waals surface area contributed by atoms with Crippen LogP contribution in [0.4, 0.5) is 0 Å². The highest BCUT2D eigenvalue weighted by molar-refractivity contribution is 6.32. The maximum Gasteiger partial charge on any atom is 0.138 e. The second-order valence-electron chi connectivity index (χ2n) is 4.30.